The van der Waals surface area contributed by atoms with Crippen molar-refractivity contribution in [2.75, 3.05) is 11.5 Å². The van der Waals surface area contributed by atoms with Crippen molar-refractivity contribution in [1.82, 2.24) is 0 Å². The van der Waals surface area contributed by atoms with Gasteiger partial charge < -0.3 is 9.84 Å². The number of phenolic OH excluding ortho intramolecular Hbond substituents is 1. The molecule has 2 aromatic carbocycles. The Hall–Kier alpha value is -3.78. The van der Waals surface area contributed by atoms with Crippen molar-refractivity contribution in [2.24, 2.45) is 17.8 Å². The van der Waals surface area contributed by atoms with E-state index in [1.165, 1.54) is 11.0 Å². The number of anilines is 1. The molecule has 1 fully saturated rings. The molecule has 1 saturated heterocycles. The number of para-hydroxylation sites is 1. The number of carbonyl (C=O) groups excluding carboxylic acids is 4. The molecule has 0 aromatic heterocycles. The number of nitrogens with zero attached hydrogens (tertiary/aromatic N) is 1. The average molecular weight is 588 g/mol. The number of rotatable bonds is 4. The lowest BCUT2D eigenvalue weighted by molar-refractivity contribution is -0.123. The van der Waals surface area contributed by atoms with Gasteiger partial charge in [-0.15, -0.1) is 0 Å². The number of allylic oxidation sites excluding steroid dienone is 6. The topological polar surface area (TPSA) is 101 Å². The molecule has 0 bridgehead atoms. The van der Waals surface area contributed by atoms with E-state index < -0.39 is 23.7 Å². The molecule has 2 aromatic rings. The quantitative estimate of drug-likeness (QED) is 0.300. The fourth-order valence-electron chi connectivity index (χ4n) is 6.63. The van der Waals surface area contributed by atoms with Crippen LogP contribution in [0.3, 0.4) is 0 Å². The molecule has 7 nitrogen and oxygen atoms in total. The van der Waals surface area contributed by atoms with Crippen LogP contribution in [0.5, 0.6) is 11.5 Å². The highest BCUT2D eigenvalue weighted by molar-refractivity contribution is 9.10. The third-order valence-corrected chi connectivity index (χ3v) is 8.82. The summed E-state index contributed by atoms with van der Waals surface area (Å²) in [5, 5.41) is 11.2. The number of aromatic hydroxyl groups is 1. The summed E-state index contributed by atoms with van der Waals surface area (Å²) in [5.74, 6) is -3.34. The van der Waals surface area contributed by atoms with Crippen molar-refractivity contribution in [1.29, 1.82) is 0 Å². The largest absolute Gasteiger partial charge is 0.504 e. The number of hydrogen-bond acceptors (Lipinski definition) is 6. The molecule has 3 aliphatic carbocycles. The summed E-state index contributed by atoms with van der Waals surface area (Å²) < 4.78 is 6.45. The van der Waals surface area contributed by atoms with Gasteiger partial charge in [-0.3, -0.25) is 24.1 Å². The highest BCUT2D eigenvalue weighted by Crippen LogP contribution is 2.57. The van der Waals surface area contributed by atoms with Gasteiger partial charge in [-0.2, -0.15) is 0 Å². The van der Waals surface area contributed by atoms with Gasteiger partial charge in [-0.25, -0.2) is 0 Å². The van der Waals surface area contributed by atoms with Crippen molar-refractivity contribution in [3.8, 4) is 11.5 Å². The molecular weight excluding hydrogens is 562 g/mol. The smallest absolute Gasteiger partial charge is 0.238 e. The summed E-state index contributed by atoms with van der Waals surface area (Å²) in [4.78, 5) is 55.6. The van der Waals surface area contributed by atoms with Crippen molar-refractivity contribution < 1.29 is 29.0 Å². The van der Waals surface area contributed by atoms with E-state index in [2.05, 4.69) is 15.9 Å². The Labute approximate surface area is 234 Å². The van der Waals surface area contributed by atoms with Gasteiger partial charge in [-0.05, 0) is 69.0 Å². The highest BCUT2D eigenvalue weighted by Gasteiger charge is 2.56. The molecule has 198 valence electrons. The summed E-state index contributed by atoms with van der Waals surface area (Å²) >= 11 is 3.39. The normalized spacial score (nSPS) is 26.2. The van der Waals surface area contributed by atoms with E-state index in [-0.39, 0.29) is 41.3 Å². The summed E-state index contributed by atoms with van der Waals surface area (Å²) in [7, 11) is 0. The van der Waals surface area contributed by atoms with E-state index in [0.717, 1.165) is 10.0 Å². The van der Waals surface area contributed by atoms with Crippen molar-refractivity contribution in [3.63, 3.8) is 0 Å². The van der Waals surface area contributed by atoms with Crippen LogP contribution in [0.2, 0.25) is 0 Å². The molecule has 2 amide bonds. The molecule has 6 rings (SSSR count). The van der Waals surface area contributed by atoms with Gasteiger partial charge in [0.15, 0.2) is 23.1 Å². The Balaban J connectivity index is 1.50. The second-order valence-corrected chi connectivity index (χ2v) is 11.3. The van der Waals surface area contributed by atoms with Gasteiger partial charge in [0.25, 0.3) is 0 Å². The summed E-state index contributed by atoms with van der Waals surface area (Å²) in [5.41, 5.74) is 2.76. The van der Waals surface area contributed by atoms with Crippen LogP contribution in [0.1, 0.15) is 38.2 Å². The van der Waals surface area contributed by atoms with E-state index in [9.17, 15) is 24.3 Å². The average Bonchev–Trinajstić information content (AvgIpc) is 3.18. The van der Waals surface area contributed by atoms with E-state index in [0.29, 0.717) is 41.0 Å². The molecule has 4 unspecified atom stereocenters. The number of ether oxygens (including phenoxy) is 1. The highest BCUT2D eigenvalue weighted by atomic mass is 79.9. The maximum absolute atomic E-state index is 13.9. The van der Waals surface area contributed by atoms with Crippen LogP contribution in [0.15, 0.2) is 81.4 Å². The van der Waals surface area contributed by atoms with Gasteiger partial charge in [0.2, 0.25) is 11.8 Å². The SMILES string of the molecule is CCOc1cccc(C2C3=CCC4C(=O)N(c5ccc(Br)cc5)C(=O)C4C3CC3=C2C(=O)C=C(C)C3=O)c1O. The minimum absolute atomic E-state index is 0.100. The minimum atomic E-state index is -0.731. The van der Waals surface area contributed by atoms with Crippen LogP contribution >= 0.6 is 15.9 Å². The molecule has 0 saturated carbocycles. The number of ketones is 2. The predicted octanol–water partition coefficient (Wildman–Crippen LogP) is 5.19. The molecule has 1 N–H and O–H groups in total. The lowest BCUT2D eigenvalue weighted by atomic mass is 9.59. The monoisotopic (exact) mass is 587 g/mol. The molecule has 1 heterocycles. The number of Topliss-reactive ketones (excluding diaryl/α,β-unsaturated/α-hetero) is 1. The molecule has 8 heteroatoms. The second kappa shape index (κ2) is 9.45. The second-order valence-electron chi connectivity index (χ2n) is 10.3. The van der Waals surface area contributed by atoms with Crippen LogP contribution in [0, 0.1) is 17.8 Å². The number of hydrogen-bond donors (Lipinski definition) is 1. The zero-order valence-corrected chi connectivity index (χ0v) is 23.0. The molecule has 0 radical (unpaired) electrons. The molecule has 4 atom stereocenters. The number of imide groups is 1. The number of phenols is 1. The van der Waals surface area contributed by atoms with E-state index in [1.54, 1.807) is 49.4 Å². The first-order valence-electron chi connectivity index (χ1n) is 13.0. The lowest BCUT2D eigenvalue weighted by Gasteiger charge is -2.42. The van der Waals surface area contributed by atoms with Crippen LogP contribution in [0.25, 0.3) is 0 Å². The molecule has 4 aliphatic rings. The maximum atomic E-state index is 13.9. The predicted molar refractivity (Wildman–Crippen MR) is 147 cm³/mol. The number of carbonyl (C=O) groups is 4. The van der Waals surface area contributed by atoms with Crippen LogP contribution < -0.4 is 9.64 Å². The van der Waals surface area contributed by atoms with Crippen LogP contribution in [0.4, 0.5) is 5.69 Å². The standard InChI is InChI=1S/C31H26BrNO6/c1-3-39-24-6-4-5-19(29(24)36)25-18-11-12-20-26(21(18)14-22-27(25)23(34)13-15(2)28(22)35)31(38)33(30(20)37)17-9-7-16(32)8-10-17/h4-11,13,20-21,25-26,36H,3,12,14H2,1-2H3. The Morgan fingerprint density at radius 1 is 1.03 bits per heavy atom. The minimum Gasteiger partial charge on any atom is -0.504 e. The van der Waals surface area contributed by atoms with Crippen molar-refractivity contribution in [3.05, 3.63) is 86.9 Å². The number of amides is 2. The van der Waals surface area contributed by atoms with Crippen LogP contribution in [-0.2, 0) is 19.2 Å². The Morgan fingerprint density at radius 2 is 1.77 bits per heavy atom. The van der Waals surface area contributed by atoms with Crippen LogP contribution in [-0.4, -0.2) is 35.1 Å². The first-order valence-corrected chi connectivity index (χ1v) is 13.8. The van der Waals surface area contributed by atoms with E-state index in [4.69, 9.17) is 4.74 Å². The van der Waals surface area contributed by atoms with Gasteiger partial charge in [0, 0.05) is 32.7 Å². The maximum Gasteiger partial charge on any atom is 0.238 e. The van der Waals surface area contributed by atoms with Crippen molar-refractivity contribution >= 4 is 45.0 Å². The number of benzene rings is 2. The first kappa shape index (κ1) is 25.5. The van der Waals surface area contributed by atoms with Crippen molar-refractivity contribution in [2.45, 2.75) is 32.6 Å². The molecule has 0 spiro atoms. The Morgan fingerprint density at radius 3 is 2.49 bits per heavy atom. The summed E-state index contributed by atoms with van der Waals surface area (Å²) in [6.45, 7) is 3.76. The van der Waals surface area contributed by atoms with Gasteiger partial charge in [-0.1, -0.05) is 39.7 Å². The number of halogens is 1. The third kappa shape index (κ3) is 3.84. The third-order valence-electron chi connectivity index (χ3n) is 8.29. The lowest BCUT2D eigenvalue weighted by Crippen LogP contribution is -2.39. The summed E-state index contributed by atoms with van der Waals surface area (Å²) in [6, 6.07) is 12.1. The summed E-state index contributed by atoms with van der Waals surface area (Å²) in [6.07, 6.45) is 3.81. The van der Waals surface area contributed by atoms with E-state index >= 15 is 0 Å². The molecule has 1 aliphatic heterocycles. The van der Waals surface area contributed by atoms with Gasteiger partial charge >= 0.3 is 0 Å². The van der Waals surface area contributed by atoms with E-state index in [1.807, 2.05) is 13.0 Å². The molecule has 39 heavy (non-hydrogen) atoms. The fourth-order valence-corrected chi connectivity index (χ4v) is 6.89. The Bertz CT molecular complexity index is 1550. The molecular formula is C31H26BrNO6. The van der Waals surface area contributed by atoms with Gasteiger partial charge in [0.1, 0.15) is 0 Å². The fraction of sp³-hybridized carbons (Fsp3) is 0.290. The first-order chi connectivity index (χ1) is 18.7. The zero-order valence-electron chi connectivity index (χ0n) is 21.4. The zero-order chi connectivity index (χ0) is 27.6. The van der Waals surface area contributed by atoms with Gasteiger partial charge in [0.05, 0.1) is 24.1 Å². The Kier molecular flexibility index (Phi) is 6.18. The number of fused-ring (bicyclic) bond motifs is 3.